The molecule has 1 amide bonds. The number of para-hydroxylation sites is 1. The zero-order valence-electron chi connectivity index (χ0n) is 15.9. The van der Waals surface area contributed by atoms with Gasteiger partial charge >= 0.3 is 0 Å². The molecule has 138 valence electrons. The van der Waals surface area contributed by atoms with Crippen LogP contribution in [0.3, 0.4) is 0 Å². The maximum atomic E-state index is 12.9. The molecular formula is C21H26N2O3. The number of nitrogens with one attached hydrogen (secondary N) is 1. The Kier molecular flexibility index (Phi) is 5.16. The summed E-state index contributed by atoms with van der Waals surface area (Å²) in [5.41, 5.74) is 3.64. The van der Waals surface area contributed by atoms with Crippen LogP contribution < -0.4 is 10.3 Å². The highest BCUT2D eigenvalue weighted by molar-refractivity contribution is 5.95. The van der Waals surface area contributed by atoms with Gasteiger partial charge < -0.3 is 14.6 Å². The third kappa shape index (κ3) is 3.52. The second-order valence-corrected chi connectivity index (χ2v) is 7.08. The first-order valence-electron chi connectivity index (χ1n) is 9.10. The Labute approximate surface area is 154 Å². The predicted molar refractivity (Wildman–Crippen MR) is 102 cm³/mol. The summed E-state index contributed by atoms with van der Waals surface area (Å²) in [5, 5.41) is 0. The number of carbonyl (C=O) groups excluding carboxylic acids is 1. The molecule has 1 fully saturated rings. The standard InChI is InChI=1S/C21H26N2O3/c1-13-7-5-6-8-18(13)26-17-9-11-23(12-10-17)21(25)19-15(3)14(2)16(4)22-20(19)24/h5-8,17H,9-12H2,1-4H3,(H,22,24). The van der Waals surface area contributed by atoms with Crippen LogP contribution in [0.2, 0.25) is 0 Å². The van der Waals surface area contributed by atoms with Crippen molar-refractivity contribution in [3.8, 4) is 5.75 Å². The number of piperidine rings is 1. The molecule has 1 aromatic carbocycles. The summed E-state index contributed by atoms with van der Waals surface area (Å²) in [4.78, 5) is 29.8. The van der Waals surface area contributed by atoms with E-state index in [2.05, 4.69) is 4.98 Å². The first-order chi connectivity index (χ1) is 12.4. The van der Waals surface area contributed by atoms with Crippen molar-refractivity contribution >= 4 is 5.91 Å². The predicted octanol–water partition coefficient (Wildman–Crippen LogP) is 3.29. The molecule has 0 saturated carbocycles. The number of benzene rings is 1. The Balaban J connectivity index is 1.69. The number of pyridine rings is 1. The summed E-state index contributed by atoms with van der Waals surface area (Å²) < 4.78 is 6.10. The minimum atomic E-state index is -0.297. The zero-order valence-corrected chi connectivity index (χ0v) is 15.9. The number of likely N-dealkylation sites (tertiary alicyclic amines) is 1. The number of hydrogen-bond acceptors (Lipinski definition) is 3. The van der Waals surface area contributed by atoms with Crippen molar-refractivity contribution in [2.45, 2.75) is 46.6 Å². The molecule has 5 heteroatoms. The number of carbonyl (C=O) groups is 1. The van der Waals surface area contributed by atoms with E-state index < -0.39 is 0 Å². The van der Waals surface area contributed by atoms with Gasteiger partial charge in [-0.3, -0.25) is 9.59 Å². The van der Waals surface area contributed by atoms with Crippen LogP contribution in [0.4, 0.5) is 0 Å². The molecule has 5 nitrogen and oxygen atoms in total. The van der Waals surface area contributed by atoms with E-state index in [4.69, 9.17) is 4.74 Å². The normalized spacial score (nSPS) is 15.2. The smallest absolute Gasteiger partial charge is 0.261 e. The van der Waals surface area contributed by atoms with Gasteiger partial charge in [0.1, 0.15) is 17.4 Å². The molecule has 2 heterocycles. The summed E-state index contributed by atoms with van der Waals surface area (Å²) in [7, 11) is 0. The molecule has 0 atom stereocenters. The molecule has 0 radical (unpaired) electrons. The van der Waals surface area contributed by atoms with E-state index in [9.17, 15) is 9.59 Å². The fourth-order valence-corrected chi connectivity index (χ4v) is 3.43. The van der Waals surface area contributed by atoms with Crippen LogP contribution in [0, 0.1) is 27.7 Å². The Morgan fingerprint density at radius 3 is 2.38 bits per heavy atom. The van der Waals surface area contributed by atoms with Crippen molar-refractivity contribution in [1.29, 1.82) is 0 Å². The third-order valence-corrected chi connectivity index (χ3v) is 5.36. The molecule has 26 heavy (non-hydrogen) atoms. The number of rotatable bonds is 3. The largest absolute Gasteiger partial charge is 0.490 e. The molecule has 1 N–H and O–H groups in total. The lowest BCUT2D eigenvalue weighted by molar-refractivity contribution is 0.0592. The maximum Gasteiger partial charge on any atom is 0.261 e. The molecule has 2 aromatic rings. The van der Waals surface area contributed by atoms with E-state index in [1.54, 1.807) is 4.90 Å². The maximum absolute atomic E-state index is 12.9. The SMILES string of the molecule is Cc1ccccc1OC1CCN(C(=O)c2c(C)c(C)c(C)[nH]c2=O)CC1. The number of ether oxygens (including phenoxy) is 1. The molecule has 0 aliphatic carbocycles. The highest BCUT2D eigenvalue weighted by Gasteiger charge is 2.28. The van der Waals surface area contributed by atoms with Gasteiger partial charge in [-0.05, 0) is 50.5 Å². The Morgan fingerprint density at radius 1 is 1.08 bits per heavy atom. The van der Waals surface area contributed by atoms with Gasteiger partial charge in [-0.25, -0.2) is 0 Å². The number of hydrogen-bond donors (Lipinski definition) is 1. The lowest BCUT2D eigenvalue weighted by atomic mass is 10.0. The van der Waals surface area contributed by atoms with Gasteiger partial charge in [-0.2, -0.15) is 0 Å². The van der Waals surface area contributed by atoms with Crippen molar-refractivity contribution in [2.24, 2.45) is 0 Å². The molecule has 1 aromatic heterocycles. The second-order valence-electron chi connectivity index (χ2n) is 7.08. The van der Waals surface area contributed by atoms with Gasteiger partial charge in [0.15, 0.2) is 0 Å². The molecule has 1 saturated heterocycles. The van der Waals surface area contributed by atoms with E-state index in [1.807, 2.05) is 52.0 Å². The number of nitrogens with zero attached hydrogens (tertiary/aromatic N) is 1. The monoisotopic (exact) mass is 354 g/mol. The quantitative estimate of drug-likeness (QED) is 0.920. The fraction of sp³-hybridized carbons (Fsp3) is 0.429. The Hall–Kier alpha value is -2.56. The van der Waals surface area contributed by atoms with Gasteiger partial charge in [0.05, 0.1) is 0 Å². The summed E-state index contributed by atoms with van der Waals surface area (Å²) in [6, 6.07) is 7.97. The number of H-pyrrole nitrogens is 1. The van der Waals surface area contributed by atoms with Gasteiger partial charge in [0, 0.05) is 31.6 Å². The molecule has 1 aliphatic rings. The van der Waals surface area contributed by atoms with Crippen LogP contribution in [0.25, 0.3) is 0 Å². The highest BCUT2D eigenvalue weighted by atomic mass is 16.5. The van der Waals surface area contributed by atoms with Crippen molar-refractivity contribution in [3.05, 3.63) is 62.6 Å². The van der Waals surface area contributed by atoms with Crippen molar-refractivity contribution in [3.63, 3.8) is 0 Å². The summed E-state index contributed by atoms with van der Waals surface area (Å²) in [6.45, 7) is 8.86. The highest BCUT2D eigenvalue weighted by Crippen LogP contribution is 2.23. The van der Waals surface area contributed by atoms with E-state index in [-0.39, 0.29) is 23.1 Å². The van der Waals surface area contributed by atoms with Gasteiger partial charge in [0.25, 0.3) is 11.5 Å². The van der Waals surface area contributed by atoms with E-state index in [0.29, 0.717) is 13.1 Å². The van der Waals surface area contributed by atoms with E-state index in [0.717, 1.165) is 41.0 Å². The minimum Gasteiger partial charge on any atom is -0.490 e. The number of aryl methyl sites for hydroxylation is 2. The lowest BCUT2D eigenvalue weighted by Gasteiger charge is -2.32. The van der Waals surface area contributed by atoms with Crippen LogP contribution in [0.15, 0.2) is 29.1 Å². The Morgan fingerprint density at radius 2 is 1.73 bits per heavy atom. The number of amides is 1. The van der Waals surface area contributed by atoms with Crippen LogP contribution in [-0.4, -0.2) is 35.0 Å². The molecule has 0 bridgehead atoms. The van der Waals surface area contributed by atoms with Crippen LogP contribution in [0.1, 0.15) is 45.6 Å². The average molecular weight is 354 g/mol. The summed E-state index contributed by atoms with van der Waals surface area (Å²) in [5.74, 6) is 0.722. The average Bonchev–Trinajstić information content (AvgIpc) is 2.62. The zero-order chi connectivity index (χ0) is 18.8. The number of aromatic amines is 1. The lowest BCUT2D eigenvalue weighted by Crippen LogP contribution is -2.43. The van der Waals surface area contributed by atoms with E-state index >= 15 is 0 Å². The summed E-state index contributed by atoms with van der Waals surface area (Å²) >= 11 is 0. The van der Waals surface area contributed by atoms with Gasteiger partial charge in [-0.1, -0.05) is 18.2 Å². The van der Waals surface area contributed by atoms with Crippen LogP contribution in [-0.2, 0) is 0 Å². The number of aromatic nitrogens is 1. The van der Waals surface area contributed by atoms with Gasteiger partial charge in [-0.15, -0.1) is 0 Å². The van der Waals surface area contributed by atoms with Crippen LogP contribution >= 0.6 is 0 Å². The van der Waals surface area contributed by atoms with Crippen molar-refractivity contribution in [1.82, 2.24) is 9.88 Å². The van der Waals surface area contributed by atoms with Crippen molar-refractivity contribution < 1.29 is 9.53 Å². The molecule has 0 spiro atoms. The molecule has 1 aliphatic heterocycles. The topological polar surface area (TPSA) is 62.4 Å². The first kappa shape index (κ1) is 18.2. The third-order valence-electron chi connectivity index (χ3n) is 5.36. The van der Waals surface area contributed by atoms with E-state index in [1.165, 1.54) is 0 Å². The molecular weight excluding hydrogens is 328 g/mol. The first-order valence-corrected chi connectivity index (χ1v) is 9.10. The second kappa shape index (κ2) is 7.36. The molecule has 0 unspecified atom stereocenters. The minimum absolute atomic E-state index is 0.0966. The van der Waals surface area contributed by atoms with Gasteiger partial charge in [0.2, 0.25) is 0 Å². The summed E-state index contributed by atoms with van der Waals surface area (Å²) in [6.07, 6.45) is 1.63. The Bertz CT molecular complexity index is 877. The fourth-order valence-electron chi connectivity index (χ4n) is 3.43. The molecule has 3 rings (SSSR count). The van der Waals surface area contributed by atoms with Crippen molar-refractivity contribution in [2.75, 3.05) is 13.1 Å². The van der Waals surface area contributed by atoms with Crippen LogP contribution in [0.5, 0.6) is 5.75 Å².